The molecular weight excluding hydrogens is 426 g/mol. The number of nitrogens with one attached hydrogen (secondary N) is 1. The molecule has 0 fully saturated rings. The Labute approximate surface area is 187 Å². The molecule has 11 nitrogen and oxygen atoms in total. The van der Waals surface area contributed by atoms with E-state index in [1.807, 2.05) is 42.6 Å². The zero-order valence-electron chi connectivity index (χ0n) is 17.1. The highest BCUT2D eigenvalue weighted by atomic mass is 16.6. The van der Waals surface area contributed by atoms with E-state index in [0.29, 0.717) is 17.8 Å². The maximum Gasteiger partial charge on any atom is 0.301 e. The van der Waals surface area contributed by atoms with Gasteiger partial charge in [-0.05, 0) is 23.8 Å². The molecule has 0 aliphatic rings. The van der Waals surface area contributed by atoms with Gasteiger partial charge in [-0.15, -0.1) is 0 Å². The molecule has 2 heterocycles. The number of benzene rings is 2. The molecule has 0 saturated heterocycles. The number of pyridine rings is 1. The highest BCUT2D eigenvalue weighted by molar-refractivity contribution is 5.89. The van der Waals surface area contributed by atoms with Crippen LogP contribution in [0.15, 0.2) is 84.4 Å². The van der Waals surface area contributed by atoms with Crippen LogP contribution in [-0.2, 0) is 6.54 Å². The van der Waals surface area contributed by atoms with E-state index < -0.39 is 15.5 Å². The van der Waals surface area contributed by atoms with Crippen molar-refractivity contribution in [1.82, 2.24) is 14.8 Å². The highest BCUT2D eigenvalue weighted by Crippen LogP contribution is 2.29. The Morgan fingerprint density at radius 1 is 1.03 bits per heavy atom. The Morgan fingerprint density at radius 3 is 2.55 bits per heavy atom. The van der Waals surface area contributed by atoms with Crippen LogP contribution in [-0.4, -0.2) is 30.8 Å². The van der Waals surface area contributed by atoms with Crippen LogP contribution in [0.1, 0.15) is 11.1 Å². The van der Waals surface area contributed by atoms with Crippen molar-refractivity contribution in [3.8, 4) is 11.3 Å². The third-order valence-corrected chi connectivity index (χ3v) is 4.69. The second kappa shape index (κ2) is 9.47. The van der Waals surface area contributed by atoms with Gasteiger partial charge in [0.15, 0.2) is 0 Å². The first-order valence-corrected chi connectivity index (χ1v) is 9.75. The zero-order chi connectivity index (χ0) is 23.2. The lowest BCUT2D eigenvalue weighted by atomic mass is 10.1. The van der Waals surface area contributed by atoms with Crippen LogP contribution in [0.3, 0.4) is 0 Å². The summed E-state index contributed by atoms with van der Waals surface area (Å²) >= 11 is 0. The molecule has 0 aliphatic carbocycles. The third kappa shape index (κ3) is 5.05. The van der Waals surface area contributed by atoms with Gasteiger partial charge in [0.25, 0.3) is 5.69 Å². The van der Waals surface area contributed by atoms with E-state index in [9.17, 15) is 20.2 Å². The molecule has 2 aromatic heterocycles. The summed E-state index contributed by atoms with van der Waals surface area (Å²) in [5.41, 5.74) is 4.96. The molecular formula is C22H17N7O4. The molecule has 0 radical (unpaired) electrons. The molecule has 2 aromatic carbocycles. The van der Waals surface area contributed by atoms with Gasteiger partial charge in [0.05, 0.1) is 28.7 Å². The summed E-state index contributed by atoms with van der Waals surface area (Å²) in [4.78, 5) is 25.0. The number of hydrogen-bond donors (Lipinski definition) is 1. The van der Waals surface area contributed by atoms with Crippen molar-refractivity contribution in [3.63, 3.8) is 0 Å². The quantitative estimate of drug-likeness (QED) is 0.244. The fourth-order valence-electron chi connectivity index (χ4n) is 3.16. The summed E-state index contributed by atoms with van der Waals surface area (Å²) in [5.74, 6) is 0. The molecule has 0 spiro atoms. The number of hydrogen-bond acceptors (Lipinski definition) is 8. The number of aromatic nitrogens is 3. The predicted octanol–water partition coefficient (Wildman–Crippen LogP) is 4.26. The fraction of sp³-hybridized carbons (Fsp3) is 0.0455. The Kier molecular flexibility index (Phi) is 6.12. The molecule has 164 valence electrons. The number of rotatable bonds is 8. The molecule has 0 amide bonds. The SMILES string of the molecule is O=[N+]([O-])c1ccc(N/N=C/c2cn(Cc3ccccc3)nc2-c2cccnc2)c([N+](=O)[O-])c1. The van der Waals surface area contributed by atoms with Crippen LogP contribution >= 0.6 is 0 Å². The summed E-state index contributed by atoms with van der Waals surface area (Å²) in [6.07, 6.45) is 6.64. The lowest BCUT2D eigenvalue weighted by Crippen LogP contribution is -2.00. The van der Waals surface area contributed by atoms with Crippen LogP contribution in [0.2, 0.25) is 0 Å². The molecule has 11 heteroatoms. The van der Waals surface area contributed by atoms with Gasteiger partial charge in [-0.3, -0.25) is 35.3 Å². The van der Waals surface area contributed by atoms with Gasteiger partial charge < -0.3 is 0 Å². The van der Waals surface area contributed by atoms with E-state index in [4.69, 9.17) is 0 Å². The number of non-ortho nitro benzene ring substituents is 1. The molecule has 0 atom stereocenters. The van der Waals surface area contributed by atoms with E-state index in [-0.39, 0.29) is 11.4 Å². The Bertz CT molecular complexity index is 1320. The molecule has 0 aliphatic heterocycles. The zero-order valence-corrected chi connectivity index (χ0v) is 17.1. The van der Waals surface area contributed by atoms with Crippen molar-refractivity contribution in [2.75, 3.05) is 5.43 Å². The predicted molar refractivity (Wildman–Crippen MR) is 122 cm³/mol. The number of anilines is 1. The smallest absolute Gasteiger partial charge is 0.272 e. The number of nitro benzene ring substituents is 2. The monoisotopic (exact) mass is 443 g/mol. The van der Waals surface area contributed by atoms with E-state index in [1.165, 1.54) is 18.3 Å². The highest BCUT2D eigenvalue weighted by Gasteiger charge is 2.19. The van der Waals surface area contributed by atoms with Crippen LogP contribution < -0.4 is 5.43 Å². The van der Waals surface area contributed by atoms with E-state index in [1.54, 1.807) is 23.1 Å². The average molecular weight is 443 g/mol. The van der Waals surface area contributed by atoms with Gasteiger partial charge in [-0.1, -0.05) is 30.3 Å². The standard InChI is InChI=1S/C22H17N7O4/c30-28(31)19-8-9-20(21(11-19)29(32)33)25-24-13-18-15-27(14-16-5-2-1-3-6-16)26-22(18)17-7-4-10-23-12-17/h1-13,15,25H,14H2/b24-13+. The van der Waals surface area contributed by atoms with Crippen molar-refractivity contribution in [2.24, 2.45) is 5.10 Å². The van der Waals surface area contributed by atoms with E-state index >= 15 is 0 Å². The van der Waals surface area contributed by atoms with E-state index in [0.717, 1.165) is 17.2 Å². The third-order valence-electron chi connectivity index (χ3n) is 4.69. The minimum absolute atomic E-state index is 0.0291. The minimum atomic E-state index is -0.705. The molecule has 0 unspecified atom stereocenters. The van der Waals surface area contributed by atoms with Gasteiger partial charge in [0.1, 0.15) is 11.4 Å². The maximum absolute atomic E-state index is 11.3. The first kappa shape index (κ1) is 21.3. The van der Waals surface area contributed by atoms with Crippen molar-refractivity contribution in [1.29, 1.82) is 0 Å². The van der Waals surface area contributed by atoms with Crippen molar-refractivity contribution < 1.29 is 9.85 Å². The number of nitrogens with zero attached hydrogens (tertiary/aromatic N) is 6. The van der Waals surface area contributed by atoms with Crippen molar-refractivity contribution >= 4 is 23.3 Å². The average Bonchev–Trinajstić information content (AvgIpc) is 3.22. The van der Waals surface area contributed by atoms with Crippen molar-refractivity contribution in [2.45, 2.75) is 6.54 Å². The van der Waals surface area contributed by atoms with Gasteiger partial charge in [0.2, 0.25) is 0 Å². The first-order chi connectivity index (χ1) is 16.0. The Hall–Kier alpha value is -4.93. The van der Waals surface area contributed by atoms with Gasteiger partial charge in [-0.25, -0.2) is 0 Å². The number of nitro groups is 2. The second-order valence-corrected chi connectivity index (χ2v) is 6.94. The largest absolute Gasteiger partial charge is 0.301 e. The Balaban J connectivity index is 1.63. The van der Waals surface area contributed by atoms with Crippen LogP contribution in [0.25, 0.3) is 11.3 Å². The van der Waals surface area contributed by atoms with Gasteiger partial charge >= 0.3 is 5.69 Å². The second-order valence-electron chi connectivity index (χ2n) is 6.94. The lowest BCUT2D eigenvalue weighted by molar-refractivity contribution is -0.393. The fourth-order valence-corrected chi connectivity index (χ4v) is 3.16. The molecule has 4 rings (SSSR count). The molecule has 33 heavy (non-hydrogen) atoms. The minimum Gasteiger partial charge on any atom is -0.272 e. The molecule has 0 bridgehead atoms. The van der Waals surface area contributed by atoms with Crippen LogP contribution in [0, 0.1) is 20.2 Å². The van der Waals surface area contributed by atoms with Gasteiger partial charge in [0, 0.05) is 35.8 Å². The molecule has 1 N–H and O–H groups in total. The summed E-state index contributed by atoms with van der Waals surface area (Å²) < 4.78 is 1.77. The Morgan fingerprint density at radius 2 is 1.85 bits per heavy atom. The topological polar surface area (TPSA) is 141 Å². The summed E-state index contributed by atoms with van der Waals surface area (Å²) in [5, 5.41) is 31.0. The number of hydrazone groups is 1. The van der Waals surface area contributed by atoms with Crippen molar-refractivity contribution in [3.05, 3.63) is 111 Å². The van der Waals surface area contributed by atoms with Gasteiger partial charge in [-0.2, -0.15) is 10.2 Å². The summed E-state index contributed by atoms with van der Waals surface area (Å²) in [7, 11) is 0. The summed E-state index contributed by atoms with van der Waals surface area (Å²) in [6, 6.07) is 16.8. The molecule has 0 saturated carbocycles. The maximum atomic E-state index is 11.3. The first-order valence-electron chi connectivity index (χ1n) is 9.75. The van der Waals surface area contributed by atoms with E-state index in [2.05, 4.69) is 20.6 Å². The summed E-state index contributed by atoms with van der Waals surface area (Å²) in [6.45, 7) is 0.545. The van der Waals surface area contributed by atoms with Crippen LogP contribution in [0.5, 0.6) is 0 Å². The normalized spacial score (nSPS) is 10.9. The molecule has 4 aromatic rings. The van der Waals surface area contributed by atoms with Crippen LogP contribution in [0.4, 0.5) is 17.1 Å². The lowest BCUT2D eigenvalue weighted by Gasteiger charge is -2.02.